The molecule has 2 amide bonds. The number of urea groups is 1. The molecule has 2 N–H and O–H groups in total. The first-order chi connectivity index (χ1) is 9.85. The summed E-state index contributed by atoms with van der Waals surface area (Å²) in [5.41, 5.74) is 0.345. The van der Waals surface area contributed by atoms with Gasteiger partial charge in [0.1, 0.15) is 0 Å². The number of carbonyl (C=O) groups is 1. The Labute approximate surface area is 124 Å². The molecule has 1 aromatic carbocycles. The van der Waals surface area contributed by atoms with Crippen LogP contribution in [0.2, 0.25) is 0 Å². The Morgan fingerprint density at radius 1 is 1.43 bits per heavy atom. The topological polar surface area (TPSA) is 61.8 Å². The number of nitrogens with zero attached hydrogens (tertiary/aromatic N) is 1. The van der Waals surface area contributed by atoms with Crippen molar-refractivity contribution in [2.75, 3.05) is 18.5 Å². The molecule has 0 aliphatic carbocycles. The largest absolute Gasteiger partial charge is 0.491 e. The third-order valence-electron chi connectivity index (χ3n) is 2.83. The fraction of sp³-hybridized carbons (Fsp3) is 0.533. The Morgan fingerprint density at radius 2 is 2.10 bits per heavy atom. The van der Waals surface area contributed by atoms with E-state index in [1.54, 1.807) is 19.9 Å². The van der Waals surface area contributed by atoms with Crippen molar-refractivity contribution in [1.29, 1.82) is 0 Å². The maximum atomic E-state index is 13.7. The summed E-state index contributed by atoms with van der Waals surface area (Å²) in [6.45, 7) is 7.66. The van der Waals surface area contributed by atoms with Crippen molar-refractivity contribution in [2.45, 2.75) is 39.8 Å². The van der Waals surface area contributed by atoms with Crippen molar-refractivity contribution < 1.29 is 19.0 Å². The van der Waals surface area contributed by atoms with E-state index in [4.69, 9.17) is 4.74 Å². The van der Waals surface area contributed by atoms with Gasteiger partial charge in [0.25, 0.3) is 0 Å². The van der Waals surface area contributed by atoms with Crippen LogP contribution in [0.25, 0.3) is 0 Å². The third kappa shape index (κ3) is 5.23. The number of nitrogens with one attached hydrogen (secondary N) is 1. The van der Waals surface area contributed by atoms with Crippen molar-refractivity contribution in [3.63, 3.8) is 0 Å². The van der Waals surface area contributed by atoms with Crippen molar-refractivity contribution in [2.24, 2.45) is 0 Å². The standard InChI is InChI=1S/C15H23FN2O3/c1-5-21-14-7-6-12(8-13(14)16)17-15(20)18(10(2)3)9-11(4)19/h6-8,10-11,19H,5,9H2,1-4H3,(H,17,20). The lowest BCUT2D eigenvalue weighted by Gasteiger charge is -2.28. The van der Waals surface area contributed by atoms with Gasteiger partial charge in [-0.3, -0.25) is 0 Å². The zero-order valence-corrected chi connectivity index (χ0v) is 12.9. The molecule has 21 heavy (non-hydrogen) atoms. The van der Waals surface area contributed by atoms with Crippen molar-refractivity contribution in [3.8, 4) is 5.75 Å². The van der Waals surface area contributed by atoms with E-state index in [9.17, 15) is 14.3 Å². The Morgan fingerprint density at radius 3 is 2.57 bits per heavy atom. The molecule has 0 aromatic heterocycles. The average Bonchev–Trinajstić information content (AvgIpc) is 2.38. The normalized spacial score (nSPS) is 12.1. The molecular weight excluding hydrogens is 275 g/mol. The summed E-state index contributed by atoms with van der Waals surface area (Å²) in [7, 11) is 0. The lowest BCUT2D eigenvalue weighted by Crippen LogP contribution is -2.43. The summed E-state index contributed by atoms with van der Waals surface area (Å²) in [6.07, 6.45) is -0.629. The second-order valence-electron chi connectivity index (χ2n) is 5.10. The second-order valence-corrected chi connectivity index (χ2v) is 5.10. The fourth-order valence-corrected chi connectivity index (χ4v) is 1.86. The van der Waals surface area contributed by atoms with Gasteiger partial charge in [0.05, 0.1) is 12.7 Å². The van der Waals surface area contributed by atoms with Crippen LogP contribution in [0.15, 0.2) is 18.2 Å². The Bertz CT molecular complexity index is 478. The molecule has 0 bridgehead atoms. The van der Waals surface area contributed by atoms with Crippen LogP contribution in [0.5, 0.6) is 5.75 Å². The van der Waals surface area contributed by atoms with Gasteiger partial charge in [-0.1, -0.05) is 0 Å². The molecule has 0 spiro atoms. The number of amides is 2. The van der Waals surface area contributed by atoms with Gasteiger partial charge in [-0.05, 0) is 39.8 Å². The maximum Gasteiger partial charge on any atom is 0.322 e. The summed E-state index contributed by atoms with van der Waals surface area (Å²) in [5.74, 6) is -0.374. The van der Waals surface area contributed by atoms with Gasteiger partial charge >= 0.3 is 6.03 Å². The predicted molar refractivity (Wildman–Crippen MR) is 80.1 cm³/mol. The number of aliphatic hydroxyl groups excluding tert-OH is 1. The molecule has 0 saturated heterocycles. The minimum absolute atomic E-state index is 0.0767. The van der Waals surface area contributed by atoms with Gasteiger partial charge in [-0.15, -0.1) is 0 Å². The highest BCUT2D eigenvalue weighted by Gasteiger charge is 2.19. The van der Waals surface area contributed by atoms with E-state index >= 15 is 0 Å². The van der Waals surface area contributed by atoms with E-state index in [0.29, 0.717) is 12.3 Å². The quantitative estimate of drug-likeness (QED) is 0.849. The maximum absolute atomic E-state index is 13.7. The van der Waals surface area contributed by atoms with Gasteiger partial charge in [-0.25, -0.2) is 9.18 Å². The first kappa shape index (κ1) is 17.2. The molecule has 0 aliphatic heterocycles. The molecule has 0 aliphatic rings. The molecule has 0 radical (unpaired) electrons. The molecule has 118 valence electrons. The summed E-state index contributed by atoms with van der Waals surface area (Å²) >= 11 is 0. The van der Waals surface area contributed by atoms with Gasteiger partial charge < -0.3 is 20.1 Å². The van der Waals surface area contributed by atoms with Gasteiger partial charge in [0.2, 0.25) is 0 Å². The van der Waals surface area contributed by atoms with Crippen molar-refractivity contribution in [1.82, 2.24) is 4.90 Å². The van der Waals surface area contributed by atoms with Crippen LogP contribution in [-0.2, 0) is 0 Å². The first-order valence-corrected chi connectivity index (χ1v) is 7.03. The number of benzene rings is 1. The SMILES string of the molecule is CCOc1ccc(NC(=O)N(CC(C)O)C(C)C)cc1F. The Kier molecular flexibility index (Phi) is 6.42. The van der Waals surface area contributed by atoms with Crippen molar-refractivity contribution in [3.05, 3.63) is 24.0 Å². The Balaban J connectivity index is 2.79. The van der Waals surface area contributed by atoms with Crippen LogP contribution in [0.3, 0.4) is 0 Å². The van der Waals surface area contributed by atoms with Crippen molar-refractivity contribution >= 4 is 11.7 Å². The number of anilines is 1. The lowest BCUT2D eigenvalue weighted by atomic mass is 10.2. The molecule has 1 aromatic rings. The summed E-state index contributed by atoms with van der Waals surface area (Å²) in [5, 5.41) is 12.0. The van der Waals surface area contributed by atoms with E-state index in [1.165, 1.54) is 17.0 Å². The predicted octanol–water partition coefficient (Wildman–Crippen LogP) is 2.85. The smallest absolute Gasteiger partial charge is 0.322 e. The zero-order valence-electron chi connectivity index (χ0n) is 12.9. The van der Waals surface area contributed by atoms with Gasteiger partial charge in [-0.2, -0.15) is 0 Å². The van der Waals surface area contributed by atoms with Crippen LogP contribution < -0.4 is 10.1 Å². The molecule has 1 atom stereocenters. The van der Waals surface area contributed by atoms with Crippen LogP contribution in [0, 0.1) is 5.82 Å². The average molecular weight is 298 g/mol. The van der Waals surface area contributed by atoms with Gasteiger partial charge in [0.15, 0.2) is 11.6 Å². The number of halogens is 1. The van der Waals surface area contributed by atoms with Crippen LogP contribution >= 0.6 is 0 Å². The number of hydrogen-bond donors (Lipinski definition) is 2. The minimum Gasteiger partial charge on any atom is -0.491 e. The number of hydrogen-bond acceptors (Lipinski definition) is 3. The van der Waals surface area contributed by atoms with Gasteiger partial charge in [0, 0.05) is 24.3 Å². The molecule has 0 fully saturated rings. The van der Waals surface area contributed by atoms with E-state index in [-0.39, 0.29) is 24.4 Å². The van der Waals surface area contributed by atoms with Crippen LogP contribution in [-0.4, -0.2) is 41.3 Å². The summed E-state index contributed by atoms with van der Waals surface area (Å²) < 4.78 is 18.8. The van der Waals surface area contributed by atoms with Crippen LogP contribution in [0.4, 0.5) is 14.9 Å². The molecule has 1 unspecified atom stereocenters. The number of ether oxygens (including phenoxy) is 1. The summed E-state index contributed by atoms with van der Waals surface area (Å²) in [6, 6.07) is 3.81. The highest BCUT2D eigenvalue weighted by atomic mass is 19.1. The molecule has 5 nitrogen and oxygen atoms in total. The monoisotopic (exact) mass is 298 g/mol. The number of carbonyl (C=O) groups excluding carboxylic acids is 1. The highest BCUT2D eigenvalue weighted by Crippen LogP contribution is 2.21. The number of aliphatic hydroxyl groups is 1. The fourth-order valence-electron chi connectivity index (χ4n) is 1.86. The van der Waals surface area contributed by atoms with E-state index in [1.807, 2.05) is 13.8 Å². The second kappa shape index (κ2) is 7.83. The highest BCUT2D eigenvalue weighted by molar-refractivity contribution is 5.89. The summed E-state index contributed by atoms with van der Waals surface area (Å²) in [4.78, 5) is 13.6. The van der Waals surface area contributed by atoms with E-state index < -0.39 is 11.9 Å². The molecule has 1 rings (SSSR count). The minimum atomic E-state index is -0.629. The third-order valence-corrected chi connectivity index (χ3v) is 2.83. The molecular formula is C15H23FN2O3. The molecule has 0 saturated carbocycles. The lowest BCUT2D eigenvalue weighted by molar-refractivity contribution is 0.125. The number of rotatable bonds is 6. The van der Waals surface area contributed by atoms with Crippen LogP contribution in [0.1, 0.15) is 27.7 Å². The molecule has 0 heterocycles. The zero-order chi connectivity index (χ0) is 16.0. The Hall–Kier alpha value is -1.82. The first-order valence-electron chi connectivity index (χ1n) is 7.03. The van der Waals surface area contributed by atoms with E-state index in [0.717, 1.165) is 0 Å². The van der Waals surface area contributed by atoms with E-state index in [2.05, 4.69) is 5.32 Å². The molecule has 6 heteroatoms.